The standard InChI is InChI=1S/C11H13BrN2O/c12-10-4-3-8(13)7-9(10)11(15)14-5-1-2-6-14/h3-4,7H,1-2,5-6,13H2. The Hall–Kier alpha value is -1.03. The minimum absolute atomic E-state index is 0.0756. The quantitative estimate of drug-likeness (QED) is 0.795. The lowest BCUT2D eigenvalue weighted by Crippen LogP contribution is -2.27. The zero-order valence-electron chi connectivity index (χ0n) is 8.37. The molecule has 80 valence electrons. The number of carbonyl (C=O) groups is 1. The van der Waals surface area contributed by atoms with Crippen molar-refractivity contribution < 1.29 is 4.79 Å². The van der Waals surface area contributed by atoms with E-state index >= 15 is 0 Å². The molecule has 0 bridgehead atoms. The third-order valence-electron chi connectivity index (χ3n) is 2.61. The summed E-state index contributed by atoms with van der Waals surface area (Å²) in [6.45, 7) is 1.72. The van der Waals surface area contributed by atoms with Crippen molar-refractivity contribution in [3.05, 3.63) is 28.2 Å². The highest BCUT2D eigenvalue weighted by molar-refractivity contribution is 9.10. The molecule has 0 atom stereocenters. The van der Waals surface area contributed by atoms with E-state index in [-0.39, 0.29) is 5.91 Å². The molecule has 0 aliphatic carbocycles. The number of nitrogens with two attached hydrogens (primary N) is 1. The number of hydrogen-bond donors (Lipinski definition) is 1. The van der Waals surface area contributed by atoms with Gasteiger partial charge in [0.15, 0.2) is 0 Å². The predicted molar refractivity (Wildman–Crippen MR) is 63.7 cm³/mol. The van der Waals surface area contributed by atoms with Gasteiger partial charge in [-0.3, -0.25) is 4.79 Å². The number of benzene rings is 1. The van der Waals surface area contributed by atoms with Crippen LogP contribution in [0.5, 0.6) is 0 Å². The van der Waals surface area contributed by atoms with Crippen LogP contribution in [-0.4, -0.2) is 23.9 Å². The second-order valence-corrected chi connectivity index (χ2v) is 4.59. The fourth-order valence-corrected chi connectivity index (χ4v) is 2.21. The molecule has 3 nitrogen and oxygen atoms in total. The highest BCUT2D eigenvalue weighted by Gasteiger charge is 2.21. The highest BCUT2D eigenvalue weighted by Crippen LogP contribution is 2.22. The van der Waals surface area contributed by atoms with Gasteiger partial charge in [-0.1, -0.05) is 0 Å². The molecule has 2 N–H and O–H groups in total. The zero-order chi connectivity index (χ0) is 10.8. The van der Waals surface area contributed by atoms with Crippen molar-refractivity contribution in [3.8, 4) is 0 Å². The first-order valence-electron chi connectivity index (χ1n) is 5.03. The van der Waals surface area contributed by atoms with Gasteiger partial charge in [0.2, 0.25) is 0 Å². The number of likely N-dealkylation sites (tertiary alicyclic amines) is 1. The van der Waals surface area contributed by atoms with Crippen LogP contribution in [0.1, 0.15) is 23.2 Å². The number of halogens is 1. The number of rotatable bonds is 1. The van der Waals surface area contributed by atoms with Crippen LogP contribution in [0.4, 0.5) is 5.69 Å². The van der Waals surface area contributed by atoms with E-state index in [0.717, 1.165) is 30.4 Å². The predicted octanol–water partition coefficient (Wildman–Crippen LogP) is 2.27. The molecule has 1 aromatic rings. The average Bonchev–Trinajstić information content (AvgIpc) is 2.74. The summed E-state index contributed by atoms with van der Waals surface area (Å²) in [5.74, 6) is 0.0756. The van der Waals surface area contributed by atoms with E-state index in [1.165, 1.54) is 0 Å². The molecule has 0 unspecified atom stereocenters. The molecule has 1 heterocycles. The largest absolute Gasteiger partial charge is 0.399 e. The van der Waals surface area contributed by atoms with Gasteiger partial charge in [-0.2, -0.15) is 0 Å². The molecular formula is C11H13BrN2O. The molecule has 1 fully saturated rings. The monoisotopic (exact) mass is 268 g/mol. The van der Waals surface area contributed by atoms with Gasteiger partial charge in [-0.25, -0.2) is 0 Å². The van der Waals surface area contributed by atoms with Crippen molar-refractivity contribution in [1.29, 1.82) is 0 Å². The molecule has 15 heavy (non-hydrogen) atoms. The molecule has 0 aromatic heterocycles. The average molecular weight is 269 g/mol. The summed E-state index contributed by atoms with van der Waals surface area (Å²) in [6, 6.07) is 5.33. The molecule has 1 aliphatic rings. The molecule has 1 saturated heterocycles. The zero-order valence-corrected chi connectivity index (χ0v) is 9.96. The van der Waals surface area contributed by atoms with Crippen LogP contribution in [0, 0.1) is 0 Å². The van der Waals surface area contributed by atoms with E-state index < -0.39 is 0 Å². The topological polar surface area (TPSA) is 46.3 Å². The number of anilines is 1. The number of nitrogen functional groups attached to an aromatic ring is 1. The third-order valence-corrected chi connectivity index (χ3v) is 3.31. The Balaban J connectivity index is 2.27. The molecule has 2 rings (SSSR count). The van der Waals surface area contributed by atoms with E-state index in [0.29, 0.717) is 11.3 Å². The van der Waals surface area contributed by atoms with Crippen molar-refractivity contribution in [2.24, 2.45) is 0 Å². The fourth-order valence-electron chi connectivity index (χ4n) is 1.80. The molecule has 0 spiro atoms. The second kappa shape index (κ2) is 4.23. The molecular weight excluding hydrogens is 256 g/mol. The van der Waals surface area contributed by atoms with E-state index in [9.17, 15) is 4.79 Å². The van der Waals surface area contributed by atoms with Gasteiger partial charge in [-0.15, -0.1) is 0 Å². The molecule has 0 radical (unpaired) electrons. The van der Waals surface area contributed by atoms with Crippen LogP contribution in [-0.2, 0) is 0 Å². The summed E-state index contributed by atoms with van der Waals surface area (Å²) in [6.07, 6.45) is 2.21. The maximum Gasteiger partial charge on any atom is 0.255 e. The first kappa shape index (κ1) is 10.5. The van der Waals surface area contributed by atoms with Crippen LogP contribution in [0.25, 0.3) is 0 Å². The van der Waals surface area contributed by atoms with Gasteiger partial charge in [-0.05, 0) is 47.0 Å². The van der Waals surface area contributed by atoms with Gasteiger partial charge >= 0.3 is 0 Å². The maximum absolute atomic E-state index is 12.1. The Kier molecular flexibility index (Phi) is 2.95. The van der Waals surface area contributed by atoms with Crippen LogP contribution < -0.4 is 5.73 Å². The van der Waals surface area contributed by atoms with Crippen molar-refractivity contribution in [2.45, 2.75) is 12.8 Å². The maximum atomic E-state index is 12.1. The smallest absolute Gasteiger partial charge is 0.255 e. The van der Waals surface area contributed by atoms with Crippen molar-refractivity contribution >= 4 is 27.5 Å². The van der Waals surface area contributed by atoms with E-state index in [2.05, 4.69) is 15.9 Å². The van der Waals surface area contributed by atoms with Gasteiger partial charge in [0.25, 0.3) is 5.91 Å². The molecule has 1 amide bonds. The van der Waals surface area contributed by atoms with E-state index in [1.54, 1.807) is 12.1 Å². The summed E-state index contributed by atoms with van der Waals surface area (Å²) in [4.78, 5) is 13.9. The summed E-state index contributed by atoms with van der Waals surface area (Å²) >= 11 is 3.38. The lowest BCUT2D eigenvalue weighted by Gasteiger charge is -2.16. The van der Waals surface area contributed by atoms with Gasteiger partial charge in [0, 0.05) is 23.2 Å². The van der Waals surface area contributed by atoms with Gasteiger partial charge < -0.3 is 10.6 Å². The van der Waals surface area contributed by atoms with Gasteiger partial charge in [0.05, 0.1) is 5.56 Å². The summed E-state index contributed by atoms with van der Waals surface area (Å²) < 4.78 is 0.814. The Morgan fingerprint density at radius 3 is 2.67 bits per heavy atom. The second-order valence-electron chi connectivity index (χ2n) is 3.74. The van der Waals surface area contributed by atoms with Crippen LogP contribution in [0.3, 0.4) is 0 Å². The fraction of sp³-hybridized carbons (Fsp3) is 0.364. The summed E-state index contributed by atoms with van der Waals surface area (Å²) in [7, 11) is 0. The van der Waals surface area contributed by atoms with Gasteiger partial charge in [0.1, 0.15) is 0 Å². The molecule has 0 saturated carbocycles. The number of carbonyl (C=O) groups excluding carboxylic acids is 1. The van der Waals surface area contributed by atoms with Crippen molar-refractivity contribution in [2.75, 3.05) is 18.8 Å². The number of amides is 1. The highest BCUT2D eigenvalue weighted by atomic mass is 79.9. The lowest BCUT2D eigenvalue weighted by molar-refractivity contribution is 0.0792. The molecule has 1 aliphatic heterocycles. The Morgan fingerprint density at radius 1 is 1.33 bits per heavy atom. The molecule has 4 heteroatoms. The number of hydrogen-bond acceptors (Lipinski definition) is 2. The first-order chi connectivity index (χ1) is 7.18. The van der Waals surface area contributed by atoms with Crippen LogP contribution >= 0.6 is 15.9 Å². The van der Waals surface area contributed by atoms with E-state index in [4.69, 9.17) is 5.73 Å². The van der Waals surface area contributed by atoms with Crippen LogP contribution in [0.2, 0.25) is 0 Å². The normalized spacial score (nSPS) is 15.7. The summed E-state index contributed by atoms with van der Waals surface area (Å²) in [5.41, 5.74) is 6.96. The molecule has 1 aromatic carbocycles. The van der Waals surface area contributed by atoms with Crippen LogP contribution in [0.15, 0.2) is 22.7 Å². The van der Waals surface area contributed by atoms with E-state index in [1.807, 2.05) is 11.0 Å². The summed E-state index contributed by atoms with van der Waals surface area (Å²) in [5, 5.41) is 0. The SMILES string of the molecule is Nc1ccc(Br)c(C(=O)N2CCCC2)c1. The third kappa shape index (κ3) is 2.15. The number of nitrogens with zero attached hydrogens (tertiary/aromatic N) is 1. The van der Waals surface area contributed by atoms with Crippen molar-refractivity contribution in [3.63, 3.8) is 0 Å². The Morgan fingerprint density at radius 2 is 2.00 bits per heavy atom. The first-order valence-corrected chi connectivity index (χ1v) is 5.82. The Labute approximate surface area is 97.4 Å². The van der Waals surface area contributed by atoms with Crippen molar-refractivity contribution in [1.82, 2.24) is 4.90 Å². The Bertz CT molecular complexity index is 386. The lowest BCUT2D eigenvalue weighted by atomic mass is 10.2. The minimum Gasteiger partial charge on any atom is -0.399 e. The minimum atomic E-state index is 0.0756.